The molecule has 2 heterocycles. The van der Waals surface area contributed by atoms with Crippen molar-refractivity contribution in [3.8, 4) is 0 Å². The molecule has 0 unspecified atom stereocenters. The van der Waals surface area contributed by atoms with Gasteiger partial charge in [0.1, 0.15) is 27.6 Å². The van der Waals surface area contributed by atoms with Gasteiger partial charge in [-0.3, -0.25) is 0 Å². The molecule has 4 nitrogen and oxygen atoms in total. The monoisotopic (exact) mass is 323 g/mol. The number of halogens is 2. The lowest BCUT2D eigenvalue weighted by Crippen LogP contribution is -2.22. The zero-order chi connectivity index (χ0) is 11.0. The summed E-state index contributed by atoms with van der Waals surface area (Å²) in [5.41, 5.74) is 0. The van der Waals surface area contributed by atoms with Crippen LogP contribution in [0.15, 0.2) is 6.07 Å². The number of aromatic nitrogens is 2. The quantitative estimate of drug-likeness (QED) is 0.617. The van der Waals surface area contributed by atoms with Gasteiger partial charge in [-0.05, 0) is 29.5 Å². The number of aliphatic hydroxyl groups excluding tert-OH is 1. The predicted molar refractivity (Wildman–Crippen MR) is 62.6 cm³/mol. The van der Waals surface area contributed by atoms with Crippen molar-refractivity contribution >= 4 is 28.4 Å². The fourth-order valence-corrected chi connectivity index (χ4v) is 2.24. The highest BCUT2D eigenvalue weighted by Crippen LogP contribution is 2.21. The Morgan fingerprint density at radius 1 is 1.53 bits per heavy atom. The lowest BCUT2D eigenvalue weighted by molar-refractivity contribution is 0.118. The Hall–Kier alpha value is -0.500. The fraction of sp³-hybridized carbons (Fsp3) is 0.556. The predicted octanol–water partition coefficient (Wildman–Crippen LogP) is 0.909. The zero-order valence-corrected chi connectivity index (χ0v) is 10.3. The maximum atomic E-state index is 13.1. The van der Waals surface area contributed by atoms with Crippen LogP contribution in [0.2, 0.25) is 0 Å². The van der Waals surface area contributed by atoms with Crippen molar-refractivity contribution in [2.75, 3.05) is 18.0 Å². The van der Waals surface area contributed by atoms with Gasteiger partial charge in [-0.2, -0.15) is 0 Å². The standard InChI is InChI=1S/C9H11FIN3O/c1-5-12-8(11)2-9(13-5)14-3-6(10)7(15)4-14/h2,6-7,15H,3-4H2,1H3/t6-,7-/m0/s1. The third-order valence-electron chi connectivity index (χ3n) is 2.34. The number of hydrogen-bond acceptors (Lipinski definition) is 4. The van der Waals surface area contributed by atoms with E-state index in [1.165, 1.54) is 0 Å². The second-order valence-corrected chi connectivity index (χ2v) is 4.69. The van der Waals surface area contributed by atoms with Gasteiger partial charge in [0.05, 0.1) is 6.54 Å². The van der Waals surface area contributed by atoms with Crippen molar-refractivity contribution < 1.29 is 9.50 Å². The van der Waals surface area contributed by atoms with E-state index in [0.29, 0.717) is 18.2 Å². The second kappa shape index (κ2) is 4.17. The van der Waals surface area contributed by atoms with Crippen LogP contribution in [-0.4, -0.2) is 40.4 Å². The van der Waals surface area contributed by atoms with Gasteiger partial charge in [-0.15, -0.1) is 0 Å². The van der Waals surface area contributed by atoms with Crippen molar-refractivity contribution in [1.29, 1.82) is 0 Å². The van der Waals surface area contributed by atoms with E-state index in [2.05, 4.69) is 32.6 Å². The van der Waals surface area contributed by atoms with E-state index in [1.807, 2.05) is 0 Å². The zero-order valence-electron chi connectivity index (χ0n) is 8.19. The Kier molecular flexibility index (Phi) is 3.06. The Morgan fingerprint density at radius 2 is 2.27 bits per heavy atom. The molecule has 0 radical (unpaired) electrons. The lowest BCUT2D eigenvalue weighted by Gasteiger charge is -2.16. The molecule has 15 heavy (non-hydrogen) atoms. The molecule has 0 spiro atoms. The summed E-state index contributed by atoms with van der Waals surface area (Å²) in [5.74, 6) is 1.35. The van der Waals surface area contributed by atoms with Crippen molar-refractivity contribution in [3.63, 3.8) is 0 Å². The van der Waals surface area contributed by atoms with Crippen LogP contribution >= 0.6 is 22.6 Å². The van der Waals surface area contributed by atoms with Crippen LogP contribution in [-0.2, 0) is 0 Å². The number of rotatable bonds is 1. The molecule has 0 aromatic carbocycles. The molecule has 82 valence electrons. The molecule has 1 aromatic rings. The molecule has 0 aliphatic carbocycles. The smallest absolute Gasteiger partial charge is 0.145 e. The summed E-state index contributed by atoms with van der Waals surface area (Å²) in [6, 6.07) is 1.79. The molecule has 1 N–H and O–H groups in total. The number of aryl methyl sites for hydroxylation is 1. The first-order valence-corrected chi connectivity index (χ1v) is 5.72. The molecule has 2 rings (SSSR count). The fourth-order valence-electron chi connectivity index (χ4n) is 1.61. The van der Waals surface area contributed by atoms with Crippen molar-refractivity contribution in [2.45, 2.75) is 19.2 Å². The average Bonchev–Trinajstić information content (AvgIpc) is 2.45. The summed E-state index contributed by atoms with van der Waals surface area (Å²) in [6.07, 6.45) is -2.09. The maximum Gasteiger partial charge on any atom is 0.145 e. The highest BCUT2D eigenvalue weighted by Gasteiger charge is 2.32. The first-order chi connectivity index (χ1) is 7.06. The third kappa shape index (κ3) is 2.36. The summed E-state index contributed by atoms with van der Waals surface area (Å²) in [6.45, 7) is 2.30. The Labute approximate surface area is 101 Å². The van der Waals surface area contributed by atoms with Crippen LogP contribution in [0.1, 0.15) is 5.82 Å². The van der Waals surface area contributed by atoms with Gasteiger partial charge < -0.3 is 10.0 Å². The van der Waals surface area contributed by atoms with Crippen molar-refractivity contribution in [2.24, 2.45) is 0 Å². The van der Waals surface area contributed by atoms with E-state index in [4.69, 9.17) is 0 Å². The third-order valence-corrected chi connectivity index (χ3v) is 2.89. The summed E-state index contributed by atoms with van der Waals surface area (Å²) in [5, 5.41) is 9.31. The van der Waals surface area contributed by atoms with Crippen LogP contribution in [0, 0.1) is 10.6 Å². The van der Waals surface area contributed by atoms with Crippen molar-refractivity contribution in [1.82, 2.24) is 9.97 Å². The van der Waals surface area contributed by atoms with Gasteiger partial charge in [-0.1, -0.05) is 0 Å². The van der Waals surface area contributed by atoms with Gasteiger partial charge in [0.25, 0.3) is 0 Å². The molecule has 0 bridgehead atoms. The highest BCUT2D eigenvalue weighted by atomic mass is 127. The molecular weight excluding hydrogens is 312 g/mol. The normalized spacial score (nSPS) is 26.0. The summed E-state index contributed by atoms with van der Waals surface area (Å²) < 4.78 is 13.9. The maximum absolute atomic E-state index is 13.1. The van der Waals surface area contributed by atoms with E-state index in [-0.39, 0.29) is 6.54 Å². The second-order valence-electron chi connectivity index (χ2n) is 3.58. The van der Waals surface area contributed by atoms with Crippen LogP contribution in [0.5, 0.6) is 0 Å². The molecule has 0 saturated carbocycles. The van der Waals surface area contributed by atoms with Gasteiger partial charge in [-0.25, -0.2) is 14.4 Å². The van der Waals surface area contributed by atoms with Gasteiger partial charge in [0.15, 0.2) is 0 Å². The van der Waals surface area contributed by atoms with Crippen LogP contribution < -0.4 is 4.90 Å². The molecule has 2 atom stereocenters. The number of alkyl halides is 1. The molecule has 1 aliphatic rings. The minimum absolute atomic E-state index is 0.202. The summed E-state index contributed by atoms with van der Waals surface area (Å²) in [4.78, 5) is 10.1. The first kappa shape index (κ1) is 11.0. The molecule has 0 amide bonds. The molecule has 1 saturated heterocycles. The minimum Gasteiger partial charge on any atom is -0.388 e. The van der Waals surface area contributed by atoms with Gasteiger partial charge in [0, 0.05) is 12.6 Å². The molecule has 1 fully saturated rings. The Morgan fingerprint density at radius 3 is 2.80 bits per heavy atom. The topological polar surface area (TPSA) is 49.2 Å². The van der Waals surface area contributed by atoms with E-state index in [1.54, 1.807) is 17.9 Å². The Bertz CT molecular complexity index is 346. The number of β-amino-alcohol motifs (C(OH)–C–C–N with tert-alkyl or cyclic N) is 1. The summed E-state index contributed by atoms with van der Waals surface area (Å²) in [7, 11) is 0. The number of hydrogen-bond donors (Lipinski definition) is 1. The number of aliphatic hydroxyl groups is 1. The molecule has 6 heteroatoms. The average molecular weight is 323 g/mol. The van der Waals surface area contributed by atoms with Gasteiger partial charge >= 0.3 is 0 Å². The SMILES string of the molecule is Cc1nc(I)cc(N2C[C@H](O)[C@@H](F)C2)n1. The van der Waals surface area contributed by atoms with E-state index in [9.17, 15) is 9.50 Å². The molecule has 1 aromatic heterocycles. The van der Waals surface area contributed by atoms with Gasteiger partial charge in [0.2, 0.25) is 0 Å². The number of anilines is 1. The lowest BCUT2D eigenvalue weighted by atomic mass is 10.3. The summed E-state index contributed by atoms with van der Waals surface area (Å²) >= 11 is 2.09. The molecule has 1 aliphatic heterocycles. The minimum atomic E-state index is -1.18. The largest absolute Gasteiger partial charge is 0.388 e. The first-order valence-electron chi connectivity index (χ1n) is 4.64. The van der Waals surface area contributed by atoms with Crippen LogP contribution in [0.4, 0.5) is 10.2 Å². The van der Waals surface area contributed by atoms with E-state index >= 15 is 0 Å². The van der Waals surface area contributed by atoms with Crippen LogP contribution in [0.25, 0.3) is 0 Å². The molecular formula is C9H11FIN3O. The number of nitrogens with zero attached hydrogens (tertiary/aromatic N) is 3. The van der Waals surface area contributed by atoms with E-state index < -0.39 is 12.3 Å². The van der Waals surface area contributed by atoms with Crippen LogP contribution in [0.3, 0.4) is 0 Å². The van der Waals surface area contributed by atoms with E-state index in [0.717, 1.165) is 3.70 Å². The Balaban J connectivity index is 2.23. The van der Waals surface area contributed by atoms with Crippen molar-refractivity contribution in [3.05, 3.63) is 15.6 Å². The highest BCUT2D eigenvalue weighted by molar-refractivity contribution is 14.1.